The second-order valence-electron chi connectivity index (χ2n) is 3.41. The van der Waals surface area contributed by atoms with E-state index in [9.17, 15) is 8.42 Å². The summed E-state index contributed by atoms with van der Waals surface area (Å²) in [6.45, 7) is -0.0245. The summed E-state index contributed by atoms with van der Waals surface area (Å²) >= 11 is 1.37. The number of sulfonamides is 1. The summed E-state index contributed by atoms with van der Waals surface area (Å²) in [5, 5.41) is 11.2. The summed E-state index contributed by atoms with van der Waals surface area (Å²) < 4.78 is 26.1. The van der Waals surface area contributed by atoms with E-state index in [4.69, 9.17) is 5.11 Å². The Morgan fingerprint density at radius 3 is 2.72 bits per heavy atom. The Morgan fingerprint density at radius 1 is 1.33 bits per heavy atom. The molecule has 0 unspecified atom stereocenters. The van der Waals surface area contributed by atoms with Crippen molar-refractivity contribution in [1.82, 2.24) is 14.7 Å². The maximum Gasteiger partial charge on any atom is 0.258 e. The first-order chi connectivity index (χ1) is 8.62. The van der Waals surface area contributed by atoms with Crippen LogP contribution < -0.4 is 4.72 Å². The van der Waals surface area contributed by atoms with Gasteiger partial charge in [0, 0.05) is 17.8 Å². The Bertz CT molecular complexity index is 594. The molecule has 2 aromatic rings. The van der Waals surface area contributed by atoms with Crippen LogP contribution in [0.4, 0.5) is 0 Å². The highest BCUT2D eigenvalue weighted by atomic mass is 32.2. The second kappa shape index (κ2) is 5.53. The number of aromatic nitrogens is 2. The standard InChI is InChI=1S/C10H11N3O3S2/c14-7-8-1-2-10(12-5-8)18(15,16)13-6-9-11-3-4-17-9/h1-5,13-14H,6-7H2. The van der Waals surface area contributed by atoms with Crippen molar-refractivity contribution >= 4 is 21.4 Å². The van der Waals surface area contributed by atoms with Gasteiger partial charge in [0.15, 0.2) is 5.03 Å². The number of nitrogens with one attached hydrogen (secondary N) is 1. The lowest BCUT2D eigenvalue weighted by Gasteiger charge is -2.04. The van der Waals surface area contributed by atoms with Crippen molar-refractivity contribution in [3.8, 4) is 0 Å². The number of nitrogens with zero attached hydrogens (tertiary/aromatic N) is 2. The molecule has 0 fully saturated rings. The molecule has 2 heterocycles. The van der Waals surface area contributed by atoms with E-state index in [-0.39, 0.29) is 18.2 Å². The first kappa shape index (κ1) is 13.1. The molecule has 0 saturated heterocycles. The molecule has 0 aliphatic carbocycles. The number of thiazole rings is 1. The van der Waals surface area contributed by atoms with Crippen molar-refractivity contribution in [2.45, 2.75) is 18.2 Å². The van der Waals surface area contributed by atoms with Gasteiger partial charge in [0.2, 0.25) is 0 Å². The van der Waals surface area contributed by atoms with E-state index in [0.717, 1.165) is 0 Å². The first-order valence-electron chi connectivity index (χ1n) is 5.05. The average molecular weight is 285 g/mol. The van der Waals surface area contributed by atoms with Gasteiger partial charge in [0.1, 0.15) is 5.01 Å². The highest BCUT2D eigenvalue weighted by Gasteiger charge is 2.15. The van der Waals surface area contributed by atoms with Crippen LogP contribution in [0, 0.1) is 0 Å². The Kier molecular flexibility index (Phi) is 4.02. The number of hydrogen-bond donors (Lipinski definition) is 2. The van der Waals surface area contributed by atoms with E-state index >= 15 is 0 Å². The van der Waals surface area contributed by atoms with Gasteiger partial charge in [-0.05, 0) is 11.6 Å². The lowest BCUT2D eigenvalue weighted by atomic mass is 10.3. The SMILES string of the molecule is O=S(=O)(NCc1nccs1)c1ccc(CO)cn1. The molecule has 0 saturated carbocycles. The van der Waals surface area contributed by atoms with Gasteiger partial charge < -0.3 is 5.11 Å². The number of aliphatic hydroxyl groups excluding tert-OH is 1. The lowest BCUT2D eigenvalue weighted by Crippen LogP contribution is -2.24. The molecule has 0 radical (unpaired) electrons. The van der Waals surface area contributed by atoms with Crippen LogP contribution in [0.2, 0.25) is 0 Å². The predicted octanol–water partition coefficient (Wildman–Crippen LogP) is 0.509. The van der Waals surface area contributed by atoms with Crippen LogP contribution in [0.25, 0.3) is 0 Å². The minimum atomic E-state index is -3.64. The zero-order chi connectivity index (χ0) is 13.0. The minimum Gasteiger partial charge on any atom is -0.392 e. The normalized spacial score (nSPS) is 11.6. The number of rotatable bonds is 5. The third-order valence-corrected chi connectivity index (χ3v) is 4.25. The van der Waals surface area contributed by atoms with Gasteiger partial charge in [-0.1, -0.05) is 6.07 Å². The molecular formula is C10H11N3O3S2. The first-order valence-corrected chi connectivity index (χ1v) is 7.42. The summed E-state index contributed by atoms with van der Waals surface area (Å²) in [5.41, 5.74) is 0.564. The highest BCUT2D eigenvalue weighted by Crippen LogP contribution is 2.09. The summed E-state index contributed by atoms with van der Waals surface area (Å²) in [6, 6.07) is 2.88. The lowest BCUT2D eigenvalue weighted by molar-refractivity contribution is 0.281. The van der Waals surface area contributed by atoms with Gasteiger partial charge in [-0.3, -0.25) is 0 Å². The van der Waals surface area contributed by atoms with E-state index in [1.54, 1.807) is 11.6 Å². The fourth-order valence-corrected chi connectivity index (χ4v) is 2.80. The quantitative estimate of drug-likeness (QED) is 0.835. The second-order valence-corrected chi connectivity index (χ2v) is 6.11. The molecule has 6 nitrogen and oxygen atoms in total. The summed E-state index contributed by atoms with van der Waals surface area (Å²) in [4.78, 5) is 7.77. The molecule has 0 aromatic carbocycles. The Morgan fingerprint density at radius 2 is 2.17 bits per heavy atom. The number of hydrogen-bond acceptors (Lipinski definition) is 6. The molecule has 2 rings (SSSR count). The van der Waals surface area contributed by atoms with Gasteiger partial charge in [0.05, 0.1) is 13.2 Å². The summed E-state index contributed by atoms with van der Waals surface area (Å²) in [6.07, 6.45) is 2.94. The molecule has 18 heavy (non-hydrogen) atoms. The molecule has 0 spiro atoms. The molecule has 0 atom stereocenters. The molecule has 0 aliphatic heterocycles. The molecule has 96 valence electrons. The maximum absolute atomic E-state index is 11.9. The molecule has 8 heteroatoms. The summed E-state index contributed by atoms with van der Waals surface area (Å²) in [7, 11) is -3.64. The zero-order valence-corrected chi connectivity index (χ0v) is 10.9. The van der Waals surface area contributed by atoms with Crippen molar-refractivity contribution in [2.75, 3.05) is 0 Å². The fraction of sp³-hybridized carbons (Fsp3) is 0.200. The zero-order valence-electron chi connectivity index (χ0n) is 9.28. The molecule has 2 N–H and O–H groups in total. The molecule has 0 aliphatic rings. The van der Waals surface area contributed by atoms with Crippen molar-refractivity contribution in [3.05, 3.63) is 40.5 Å². The van der Waals surface area contributed by atoms with Crippen LogP contribution in [0.15, 0.2) is 34.9 Å². The highest BCUT2D eigenvalue weighted by molar-refractivity contribution is 7.89. The third kappa shape index (κ3) is 3.10. The summed E-state index contributed by atoms with van der Waals surface area (Å²) in [5.74, 6) is 0. The van der Waals surface area contributed by atoms with E-state index in [2.05, 4.69) is 14.7 Å². The van der Waals surface area contributed by atoms with Crippen molar-refractivity contribution in [3.63, 3.8) is 0 Å². The molecule has 0 amide bonds. The van der Waals surface area contributed by atoms with Crippen LogP contribution in [0.3, 0.4) is 0 Å². The van der Waals surface area contributed by atoms with E-state index in [1.165, 1.54) is 29.7 Å². The minimum absolute atomic E-state index is 0.0729. The largest absolute Gasteiger partial charge is 0.392 e. The van der Waals surface area contributed by atoms with Crippen molar-refractivity contribution in [1.29, 1.82) is 0 Å². The van der Waals surface area contributed by atoms with Crippen LogP contribution in [0.1, 0.15) is 10.6 Å². The van der Waals surface area contributed by atoms with Gasteiger partial charge >= 0.3 is 0 Å². The van der Waals surface area contributed by atoms with Crippen molar-refractivity contribution in [2.24, 2.45) is 0 Å². The molecule has 2 aromatic heterocycles. The van der Waals surface area contributed by atoms with Crippen LogP contribution in [0.5, 0.6) is 0 Å². The Balaban J connectivity index is 2.09. The smallest absolute Gasteiger partial charge is 0.258 e. The van der Waals surface area contributed by atoms with Gasteiger partial charge in [0.25, 0.3) is 10.0 Å². The van der Waals surface area contributed by atoms with Crippen LogP contribution in [-0.4, -0.2) is 23.5 Å². The molecule has 0 bridgehead atoms. The van der Waals surface area contributed by atoms with E-state index in [1.807, 2.05) is 0 Å². The molecular weight excluding hydrogens is 274 g/mol. The van der Waals surface area contributed by atoms with E-state index < -0.39 is 10.0 Å². The monoisotopic (exact) mass is 285 g/mol. The van der Waals surface area contributed by atoms with Gasteiger partial charge in [-0.25, -0.2) is 23.1 Å². The number of pyridine rings is 1. The topological polar surface area (TPSA) is 92.2 Å². The fourth-order valence-electron chi connectivity index (χ4n) is 1.23. The van der Waals surface area contributed by atoms with E-state index in [0.29, 0.717) is 10.6 Å². The Hall–Kier alpha value is -1.35. The predicted molar refractivity (Wildman–Crippen MR) is 66.3 cm³/mol. The van der Waals surface area contributed by atoms with Gasteiger partial charge in [-0.15, -0.1) is 11.3 Å². The van der Waals surface area contributed by atoms with Gasteiger partial charge in [-0.2, -0.15) is 0 Å². The third-order valence-electron chi connectivity index (χ3n) is 2.15. The number of aliphatic hydroxyl groups is 1. The van der Waals surface area contributed by atoms with Crippen LogP contribution >= 0.6 is 11.3 Å². The van der Waals surface area contributed by atoms with Crippen molar-refractivity contribution < 1.29 is 13.5 Å². The Labute approximate surface area is 108 Å². The maximum atomic E-state index is 11.9. The van der Waals surface area contributed by atoms with Crippen LogP contribution in [-0.2, 0) is 23.2 Å². The average Bonchev–Trinajstić information content (AvgIpc) is 2.90.